The molecule has 6 nitrogen and oxygen atoms in total. The van der Waals surface area contributed by atoms with Gasteiger partial charge < -0.3 is 20.3 Å². The summed E-state index contributed by atoms with van der Waals surface area (Å²) in [4.78, 5) is 26.3. The normalized spacial score (nSPS) is 13.4. The van der Waals surface area contributed by atoms with E-state index in [1.54, 1.807) is 0 Å². The number of ether oxygens (including phenoxy) is 1. The predicted octanol–water partition coefficient (Wildman–Crippen LogP) is 18.6. The number of allylic oxidation sites excluding steroid dienone is 8. The lowest BCUT2D eigenvalue weighted by molar-refractivity contribution is -0.151. The standard InChI is InChI=1S/C62H115NO5/c1-4-7-10-13-16-19-22-25-28-30-32-34-37-40-43-46-49-52-55-62(67)68-58(53-50-47-44-41-38-35-27-24-21-18-15-12-9-6-3)56-61(66)63-59(57-64)60(65)54-51-48-45-42-39-36-33-31-29-26-23-20-17-14-11-8-5-2/h9,12,18,21,27,35,41,44,58-60,64-65H,4-8,10-11,13-17,19-20,22-26,28-34,36-40,42-43,45-57H2,1-3H3,(H,63,66)/b12-9+,21-18+,35-27+,44-41+. The number of hydrogen-bond donors (Lipinski definition) is 3. The van der Waals surface area contributed by atoms with Gasteiger partial charge in [-0.3, -0.25) is 9.59 Å². The molecular weight excluding hydrogens is 839 g/mol. The fourth-order valence-corrected chi connectivity index (χ4v) is 9.19. The van der Waals surface area contributed by atoms with Crippen LogP contribution in [0.3, 0.4) is 0 Å². The highest BCUT2D eigenvalue weighted by molar-refractivity contribution is 5.77. The van der Waals surface area contributed by atoms with Gasteiger partial charge in [0, 0.05) is 6.42 Å². The van der Waals surface area contributed by atoms with Gasteiger partial charge in [-0.05, 0) is 57.8 Å². The molecule has 0 aromatic carbocycles. The number of hydrogen-bond acceptors (Lipinski definition) is 5. The molecule has 0 rings (SSSR count). The third kappa shape index (κ3) is 50.2. The first-order valence-corrected chi connectivity index (χ1v) is 29.9. The number of rotatable bonds is 54. The molecule has 0 aliphatic carbocycles. The molecule has 0 aromatic rings. The van der Waals surface area contributed by atoms with Crippen LogP contribution in [0.25, 0.3) is 0 Å². The Hall–Kier alpha value is -2.18. The SMILES string of the molecule is CC/C=C/C/C=C/C/C=C/C/C=C/CCCC(CC(=O)NC(CO)C(O)CCCCCCCCCCCCCCCCCCC)OC(=O)CCCCCCCCCCCCCCCCCCCC. The van der Waals surface area contributed by atoms with Crippen molar-refractivity contribution < 1.29 is 24.5 Å². The lowest BCUT2D eigenvalue weighted by Gasteiger charge is -2.24. The van der Waals surface area contributed by atoms with Gasteiger partial charge in [0.1, 0.15) is 6.10 Å². The molecule has 0 bridgehead atoms. The first-order valence-electron chi connectivity index (χ1n) is 29.9. The topological polar surface area (TPSA) is 95.9 Å². The van der Waals surface area contributed by atoms with E-state index in [-0.39, 0.29) is 24.9 Å². The fraction of sp³-hybridized carbons (Fsp3) is 0.839. The molecule has 1 amide bonds. The number of amides is 1. The maximum Gasteiger partial charge on any atom is 0.306 e. The van der Waals surface area contributed by atoms with Gasteiger partial charge in [0.05, 0.1) is 25.2 Å². The summed E-state index contributed by atoms with van der Waals surface area (Å²) in [6.45, 7) is 6.40. The predicted molar refractivity (Wildman–Crippen MR) is 296 cm³/mol. The number of unbranched alkanes of at least 4 members (excludes halogenated alkanes) is 34. The van der Waals surface area contributed by atoms with Crippen molar-refractivity contribution in [3.8, 4) is 0 Å². The molecule has 0 radical (unpaired) electrons. The summed E-state index contributed by atoms with van der Waals surface area (Å²) < 4.78 is 5.94. The second kappa shape index (κ2) is 55.7. The molecule has 0 saturated carbocycles. The Morgan fingerprint density at radius 2 is 0.794 bits per heavy atom. The molecule has 0 aliphatic heterocycles. The van der Waals surface area contributed by atoms with E-state index in [9.17, 15) is 19.8 Å². The molecule has 6 heteroatoms. The summed E-state index contributed by atoms with van der Waals surface area (Å²) in [6, 6.07) is -0.719. The van der Waals surface area contributed by atoms with Crippen LogP contribution in [-0.4, -0.2) is 46.9 Å². The molecule has 0 saturated heterocycles. The van der Waals surface area contributed by atoms with Gasteiger partial charge >= 0.3 is 5.97 Å². The second-order valence-corrected chi connectivity index (χ2v) is 20.4. The average Bonchev–Trinajstić information content (AvgIpc) is 3.33. The molecular formula is C62H115NO5. The van der Waals surface area contributed by atoms with Crippen molar-refractivity contribution in [2.75, 3.05) is 6.61 Å². The van der Waals surface area contributed by atoms with Crippen molar-refractivity contribution in [1.29, 1.82) is 0 Å². The van der Waals surface area contributed by atoms with E-state index in [0.717, 1.165) is 77.0 Å². The van der Waals surface area contributed by atoms with Crippen LogP contribution >= 0.6 is 0 Å². The fourth-order valence-electron chi connectivity index (χ4n) is 9.19. The first kappa shape index (κ1) is 65.8. The third-order valence-corrected chi connectivity index (χ3v) is 13.7. The Morgan fingerprint density at radius 3 is 1.18 bits per heavy atom. The van der Waals surface area contributed by atoms with Gasteiger partial charge in [-0.2, -0.15) is 0 Å². The van der Waals surface area contributed by atoms with Crippen LogP contribution in [0.5, 0.6) is 0 Å². The van der Waals surface area contributed by atoms with Crippen molar-refractivity contribution in [1.82, 2.24) is 5.32 Å². The van der Waals surface area contributed by atoms with E-state index in [4.69, 9.17) is 4.74 Å². The molecule has 68 heavy (non-hydrogen) atoms. The minimum atomic E-state index is -0.802. The van der Waals surface area contributed by atoms with Gasteiger partial charge in [0.15, 0.2) is 0 Å². The maximum atomic E-state index is 13.3. The molecule has 3 unspecified atom stereocenters. The van der Waals surface area contributed by atoms with E-state index in [2.05, 4.69) is 74.7 Å². The van der Waals surface area contributed by atoms with Crippen LogP contribution in [0.15, 0.2) is 48.6 Å². The summed E-state index contributed by atoms with van der Waals surface area (Å²) >= 11 is 0. The smallest absolute Gasteiger partial charge is 0.306 e. The van der Waals surface area contributed by atoms with E-state index in [1.807, 2.05) is 0 Å². The van der Waals surface area contributed by atoms with Crippen molar-refractivity contribution in [2.45, 2.75) is 328 Å². The Balaban J connectivity index is 4.53. The number of aliphatic hydroxyl groups excluding tert-OH is 2. The van der Waals surface area contributed by atoms with Crippen LogP contribution in [-0.2, 0) is 14.3 Å². The summed E-state index contributed by atoms with van der Waals surface area (Å²) in [5.74, 6) is -0.513. The molecule has 0 fully saturated rings. The van der Waals surface area contributed by atoms with E-state index >= 15 is 0 Å². The van der Waals surface area contributed by atoms with Crippen LogP contribution < -0.4 is 5.32 Å². The van der Waals surface area contributed by atoms with Crippen molar-refractivity contribution in [3.63, 3.8) is 0 Å². The van der Waals surface area contributed by atoms with Crippen molar-refractivity contribution in [2.24, 2.45) is 0 Å². The number of carbonyl (C=O) groups is 2. The molecule has 0 spiro atoms. The van der Waals surface area contributed by atoms with Crippen LogP contribution in [0.1, 0.15) is 310 Å². The first-order chi connectivity index (χ1) is 33.5. The molecule has 3 atom stereocenters. The van der Waals surface area contributed by atoms with Crippen molar-refractivity contribution >= 4 is 11.9 Å². The molecule has 0 aliphatic rings. The average molecular weight is 955 g/mol. The Morgan fingerprint density at radius 1 is 0.441 bits per heavy atom. The Bertz CT molecular complexity index is 1160. The Kier molecular flexibility index (Phi) is 54.0. The number of nitrogens with one attached hydrogen (secondary N) is 1. The van der Waals surface area contributed by atoms with Gasteiger partial charge in [-0.15, -0.1) is 0 Å². The minimum Gasteiger partial charge on any atom is -0.462 e. The number of esters is 1. The van der Waals surface area contributed by atoms with E-state index < -0.39 is 18.2 Å². The summed E-state index contributed by atoms with van der Waals surface area (Å²) in [7, 11) is 0. The van der Waals surface area contributed by atoms with Gasteiger partial charge in [-0.25, -0.2) is 0 Å². The number of aliphatic hydroxyl groups is 2. The lowest BCUT2D eigenvalue weighted by Crippen LogP contribution is -2.46. The maximum absolute atomic E-state index is 13.3. The largest absolute Gasteiger partial charge is 0.462 e. The quantitative estimate of drug-likeness (QED) is 0.0321. The van der Waals surface area contributed by atoms with Crippen LogP contribution in [0.4, 0.5) is 0 Å². The highest BCUT2D eigenvalue weighted by Crippen LogP contribution is 2.18. The van der Waals surface area contributed by atoms with Gasteiger partial charge in [0.25, 0.3) is 0 Å². The van der Waals surface area contributed by atoms with Crippen molar-refractivity contribution in [3.05, 3.63) is 48.6 Å². The third-order valence-electron chi connectivity index (χ3n) is 13.7. The second-order valence-electron chi connectivity index (χ2n) is 20.4. The Labute approximate surface area is 423 Å². The minimum absolute atomic E-state index is 0.0431. The lowest BCUT2D eigenvalue weighted by atomic mass is 10.0. The highest BCUT2D eigenvalue weighted by atomic mass is 16.5. The van der Waals surface area contributed by atoms with Crippen LogP contribution in [0.2, 0.25) is 0 Å². The van der Waals surface area contributed by atoms with Crippen LogP contribution in [0, 0.1) is 0 Å². The molecule has 398 valence electrons. The van der Waals surface area contributed by atoms with E-state index in [1.165, 1.54) is 186 Å². The van der Waals surface area contributed by atoms with Gasteiger partial charge in [-0.1, -0.05) is 288 Å². The number of carbonyl (C=O) groups excluding carboxylic acids is 2. The molecule has 0 aromatic heterocycles. The summed E-state index contributed by atoms with van der Waals surface area (Å²) in [5.41, 5.74) is 0. The van der Waals surface area contributed by atoms with E-state index in [0.29, 0.717) is 19.3 Å². The zero-order chi connectivity index (χ0) is 49.5. The summed E-state index contributed by atoms with van der Waals surface area (Å²) in [6.07, 6.45) is 69.1. The zero-order valence-electron chi connectivity index (χ0n) is 45.5. The monoisotopic (exact) mass is 954 g/mol. The molecule has 3 N–H and O–H groups in total. The molecule has 0 heterocycles. The summed E-state index contributed by atoms with van der Waals surface area (Å²) in [5, 5.41) is 23.9. The highest BCUT2D eigenvalue weighted by Gasteiger charge is 2.24. The zero-order valence-corrected chi connectivity index (χ0v) is 45.5. The van der Waals surface area contributed by atoms with Gasteiger partial charge in [0.2, 0.25) is 5.91 Å².